The molecule has 0 amide bonds. The van der Waals surface area contributed by atoms with Gasteiger partial charge in [-0.25, -0.2) is 0 Å². The maximum Gasteiger partial charge on any atom is 0.138 e. The lowest BCUT2D eigenvalue weighted by molar-refractivity contribution is 0.410. The highest BCUT2D eigenvalue weighted by Gasteiger charge is 2.23. The minimum atomic E-state index is 0.112. The first kappa shape index (κ1) is 7.44. The Kier molecular flexibility index (Phi) is 1.66. The Bertz CT molecular complexity index is 335. The van der Waals surface area contributed by atoms with Crippen molar-refractivity contribution in [2.45, 2.75) is 6.17 Å². The summed E-state index contributed by atoms with van der Waals surface area (Å²) in [6.45, 7) is 0. The molecule has 0 spiro atoms. The summed E-state index contributed by atoms with van der Waals surface area (Å²) in [5.74, 6) is 0. The van der Waals surface area contributed by atoms with E-state index in [4.69, 9.17) is 5.26 Å². The van der Waals surface area contributed by atoms with E-state index in [2.05, 4.69) is 27.3 Å². The third-order valence-corrected chi connectivity index (χ3v) is 2.25. The van der Waals surface area contributed by atoms with Gasteiger partial charge in [0.2, 0.25) is 0 Å². The average Bonchev–Trinajstić information content (AvgIpc) is 2.46. The molecule has 1 N–H and O–H groups in total. The predicted octanol–water partition coefficient (Wildman–Crippen LogP) is 1.39. The smallest absolute Gasteiger partial charge is 0.138 e. The molecule has 0 aromatic rings. The van der Waals surface area contributed by atoms with Gasteiger partial charge in [0.15, 0.2) is 0 Å². The molecule has 0 saturated heterocycles. The summed E-state index contributed by atoms with van der Waals surface area (Å²) in [5, 5.41) is 11.8. The van der Waals surface area contributed by atoms with Gasteiger partial charge in [0, 0.05) is 16.9 Å². The Morgan fingerprint density at radius 3 is 3.25 bits per heavy atom. The second-order valence-electron chi connectivity index (χ2n) is 2.53. The number of halogens is 1. The molecule has 1 unspecified atom stereocenters. The molecule has 0 radical (unpaired) electrons. The molecule has 0 aromatic heterocycles. The number of hydrogen-bond acceptors (Lipinski definition) is 3. The first-order chi connectivity index (χ1) is 5.81. The molecule has 0 aliphatic carbocycles. The highest BCUT2D eigenvalue weighted by Crippen LogP contribution is 2.23. The van der Waals surface area contributed by atoms with Gasteiger partial charge in [-0.05, 0) is 28.1 Å². The molecule has 0 bridgehead atoms. The maximum atomic E-state index is 8.72. The molecular formula is C8H6BrN3. The number of nitriles is 1. The number of allylic oxidation sites excluding steroid dienone is 3. The normalized spacial score (nSPS) is 25.3. The third kappa shape index (κ3) is 1.03. The van der Waals surface area contributed by atoms with Crippen LogP contribution in [0.4, 0.5) is 0 Å². The molecule has 0 aromatic carbocycles. The third-order valence-electron chi connectivity index (χ3n) is 1.78. The minimum absolute atomic E-state index is 0.112. The van der Waals surface area contributed by atoms with Crippen molar-refractivity contribution in [1.29, 1.82) is 5.26 Å². The van der Waals surface area contributed by atoms with Crippen molar-refractivity contribution in [3.05, 3.63) is 34.7 Å². The summed E-state index contributed by atoms with van der Waals surface area (Å²) in [5.41, 5.74) is 0.640. The number of nitrogens with one attached hydrogen (secondary N) is 1. The van der Waals surface area contributed by atoms with Crippen molar-refractivity contribution in [1.82, 2.24) is 10.2 Å². The summed E-state index contributed by atoms with van der Waals surface area (Å²) in [6.07, 6.45) is 7.67. The van der Waals surface area contributed by atoms with Crippen molar-refractivity contribution in [3.8, 4) is 6.07 Å². The Labute approximate surface area is 78.8 Å². The average molecular weight is 224 g/mol. The monoisotopic (exact) mass is 223 g/mol. The number of rotatable bonds is 0. The van der Waals surface area contributed by atoms with Gasteiger partial charge in [-0.1, -0.05) is 0 Å². The van der Waals surface area contributed by atoms with E-state index in [1.165, 1.54) is 0 Å². The lowest BCUT2D eigenvalue weighted by Crippen LogP contribution is -2.32. The number of nitrogens with zero attached hydrogens (tertiary/aromatic N) is 2. The quantitative estimate of drug-likeness (QED) is 0.675. The molecule has 2 rings (SSSR count). The van der Waals surface area contributed by atoms with Gasteiger partial charge in [0.25, 0.3) is 0 Å². The van der Waals surface area contributed by atoms with E-state index >= 15 is 0 Å². The summed E-state index contributed by atoms with van der Waals surface area (Å²) in [6, 6.07) is 2.11. The Hall–Kier alpha value is -1.21. The Morgan fingerprint density at radius 1 is 1.67 bits per heavy atom. The van der Waals surface area contributed by atoms with Gasteiger partial charge in [-0.3, -0.25) is 0 Å². The number of hydrogen-bond donors (Lipinski definition) is 1. The molecule has 0 fully saturated rings. The fourth-order valence-corrected chi connectivity index (χ4v) is 1.59. The zero-order valence-corrected chi connectivity index (χ0v) is 7.75. The standard InChI is InChI=1S/C8H6BrN3/c9-6-1-2-8-11-4-7(3-10)12(8)5-6/h1-2,4-5,8,11H. The van der Waals surface area contributed by atoms with Crippen LogP contribution < -0.4 is 5.32 Å². The van der Waals surface area contributed by atoms with E-state index in [1.807, 2.05) is 23.3 Å². The zero-order chi connectivity index (χ0) is 8.55. The van der Waals surface area contributed by atoms with Gasteiger partial charge in [-0.15, -0.1) is 0 Å². The van der Waals surface area contributed by atoms with Crippen LogP contribution >= 0.6 is 15.9 Å². The number of fused-ring (bicyclic) bond motifs is 1. The van der Waals surface area contributed by atoms with Gasteiger partial charge in [0.05, 0.1) is 0 Å². The van der Waals surface area contributed by atoms with Gasteiger partial charge < -0.3 is 10.2 Å². The van der Waals surface area contributed by atoms with Crippen molar-refractivity contribution in [2.24, 2.45) is 0 Å². The van der Waals surface area contributed by atoms with Crippen molar-refractivity contribution in [2.75, 3.05) is 0 Å². The van der Waals surface area contributed by atoms with Gasteiger partial charge >= 0.3 is 0 Å². The highest BCUT2D eigenvalue weighted by molar-refractivity contribution is 9.11. The van der Waals surface area contributed by atoms with Crippen LogP contribution in [0.25, 0.3) is 0 Å². The van der Waals surface area contributed by atoms with Crippen molar-refractivity contribution in [3.63, 3.8) is 0 Å². The van der Waals surface area contributed by atoms with Crippen LogP contribution in [-0.4, -0.2) is 11.1 Å². The first-order valence-electron chi connectivity index (χ1n) is 3.51. The van der Waals surface area contributed by atoms with Crippen LogP contribution in [0.2, 0.25) is 0 Å². The molecular weight excluding hydrogens is 218 g/mol. The molecule has 60 valence electrons. The zero-order valence-electron chi connectivity index (χ0n) is 6.16. The van der Waals surface area contributed by atoms with Crippen LogP contribution in [0.15, 0.2) is 34.7 Å². The van der Waals surface area contributed by atoms with Crippen LogP contribution in [-0.2, 0) is 0 Å². The van der Waals surface area contributed by atoms with Gasteiger partial charge in [0.1, 0.15) is 17.9 Å². The summed E-state index contributed by atoms with van der Waals surface area (Å²) in [7, 11) is 0. The topological polar surface area (TPSA) is 39.1 Å². The predicted molar refractivity (Wildman–Crippen MR) is 48.6 cm³/mol. The lowest BCUT2D eigenvalue weighted by atomic mass is 10.3. The van der Waals surface area contributed by atoms with Crippen LogP contribution in [0.5, 0.6) is 0 Å². The van der Waals surface area contributed by atoms with Crippen molar-refractivity contribution < 1.29 is 0 Å². The van der Waals surface area contributed by atoms with E-state index < -0.39 is 0 Å². The Morgan fingerprint density at radius 2 is 2.50 bits per heavy atom. The second-order valence-corrected chi connectivity index (χ2v) is 3.45. The molecule has 2 aliphatic rings. The second kappa shape index (κ2) is 2.68. The van der Waals surface area contributed by atoms with E-state index in [9.17, 15) is 0 Å². The summed E-state index contributed by atoms with van der Waals surface area (Å²) >= 11 is 3.35. The fourth-order valence-electron chi connectivity index (χ4n) is 1.22. The largest absolute Gasteiger partial charge is 0.365 e. The Balaban J connectivity index is 2.31. The lowest BCUT2D eigenvalue weighted by Gasteiger charge is -2.23. The molecule has 3 nitrogen and oxygen atoms in total. The van der Waals surface area contributed by atoms with E-state index in [1.54, 1.807) is 6.20 Å². The summed E-state index contributed by atoms with van der Waals surface area (Å²) < 4.78 is 0.976. The first-order valence-corrected chi connectivity index (χ1v) is 4.31. The van der Waals surface area contributed by atoms with Gasteiger partial charge in [-0.2, -0.15) is 5.26 Å². The molecule has 2 heterocycles. The van der Waals surface area contributed by atoms with E-state index in [-0.39, 0.29) is 6.17 Å². The van der Waals surface area contributed by atoms with Crippen LogP contribution in [0.1, 0.15) is 0 Å². The highest BCUT2D eigenvalue weighted by atomic mass is 79.9. The fraction of sp³-hybridized carbons (Fsp3) is 0.125. The minimum Gasteiger partial charge on any atom is -0.365 e. The molecule has 1 atom stereocenters. The van der Waals surface area contributed by atoms with E-state index in [0.29, 0.717) is 5.70 Å². The summed E-state index contributed by atoms with van der Waals surface area (Å²) in [4.78, 5) is 1.88. The molecule has 12 heavy (non-hydrogen) atoms. The van der Waals surface area contributed by atoms with Crippen molar-refractivity contribution >= 4 is 15.9 Å². The van der Waals surface area contributed by atoms with Crippen LogP contribution in [0, 0.1) is 11.3 Å². The molecule has 2 aliphatic heterocycles. The SMILES string of the molecule is N#CC1=CNC2C=CC(Br)=CN12. The van der Waals surface area contributed by atoms with Crippen LogP contribution in [0.3, 0.4) is 0 Å². The molecule has 4 heteroatoms. The van der Waals surface area contributed by atoms with E-state index in [0.717, 1.165) is 4.48 Å². The maximum absolute atomic E-state index is 8.72. The molecule has 0 saturated carbocycles.